The summed E-state index contributed by atoms with van der Waals surface area (Å²) in [5, 5.41) is 0. The normalized spacial score (nSPS) is 10.7. The molecular formula is C7H6BrN3. The van der Waals surface area contributed by atoms with Crippen LogP contribution in [0, 0.1) is 0 Å². The van der Waals surface area contributed by atoms with Crippen molar-refractivity contribution in [3.05, 3.63) is 23.2 Å². The van der Waals surface area contributed by atoms with Crippen LogP contribution >= 0.6 is 15.9 Å². The van der Waals surface area contributed by atoms with E-state index in [9.17, 15) is 0 Å². The number of imidazole rings is 1. The average molecular weight is 212 g/mol. The number of aromatic nitrogens is 3. The molecular weight excluding hydrogens is 206 g/mol. The second-order valence-corrected chi connectivity index (χ2v) is 3.08. The maximum atomic E-state index is 4.17. The molecule has 2 heterocycles. The first-order chi connectivity index (χ1) is 5.29. The molecule has 0 saturated heterocycles. The van der Waals surface area contributed by atoms with Crippen molar-refractivity contribution in [2.24, 2.45) is 7.05 Å². The Morgan fingerprint density at radius 3 is 3.00 bits per heavy atom. The first-order valence-corrected chi connectivity index (χ1v) is 4.00. The summed E-state index contributed by atoms with van der Waals surface area (Å²) in [6.07, 6.45) is 3.53. The maximum Gasteiger partial charge on any atom is 0.133 e. The second-order valence-electron chi connectivity index (χ2n) is 2.32. The van der Waals surface area contributed by atoms with Gasteiger partial charge in [0.2, 0.25) is 0 Å². The van der Waals surface area contributed by atoms with Crippen LogP contribution in [0.1, 0.15) is 0 Å². The molecule has 0 aliphatic rings. The summed E-state index contributed by atoms with van der Waals surface area (Å²) in [4.78, 5) is 8.23. The van der Waals surface area contributed by atoms with E-state index in [1.165, 1.54) is 0 Å². The summed E-state index contributed by atoms with van der Waals surface area (Å²) >= 11 is 3.32. The van der Waals surface area contributed by atoms with Crippen molar-refractivity contribution in [1.29, 1.82) is 0 Å². The van der Waals surface area contributed by atoms with Crippen molar-refractivity contribution < 1.29 is 0 Å². The van der Waals surface area contributed by atoms with Crippen LogP contribution in [0.3, 0.4) is 0 Å². The molecule has 2 aromatic heterocycles. The third-order valence-corrected chi connectivity index (χ3v) is 2.18. The van der Waals surface area contributed by atoms with Crippen molar-refractivity contribution in [2.45, 2.75) is 0 Å². The Labute approximate surface area is 72.2 Å². The molecule has 0 saturated carbocycles. The molecule has 0 atom stereocenters. The van der Waals surface area contributed by atoms with Crippen LogP contribution in [-0.2, 0) is 7.05 Å². The molecule has 0 bridgehead atoms. The van der Waals surface area contributed by atoms with E-state index in [1.807, 2.05) is 17.7 Å². The number of nitrogens with zero attached hydrogens (tertiary/aromatic N) is 3. The molecule has 0 unspecified atom stereocenters. The summed E-state index contributed by atoms with van der Waals surface area (Å²) < 4.78 is 2.76. The number of hydrogen-bond acceptors (Lipinski definition) is 2. The highest BCUT2D eigenvalue weighted by atomic mass is 79.9. The zero-order chi connectivity index (χ0) is 7.84. The molecule has 11 heavy (non-hydrogen) atoms. The van der Waals surface area contributed by atoms with Crippen LogP contribution in [0.25, 0.3) is 11.0 Å². The topological polar surface area (TPSA) is 30.7 Å². The zero-order valence-electron chi connectivity index (χ0n) is 5.95. The summed E-state index contributed by atoms with van der Waals surface area (Å²) in [6, 6.07) is 1.94. The lowest BCUT2D eigenvalue weighted by molar-refractivity contribution is 0.947. The number of hydrogen-bond donors (Lipinski definition) is 0. The van der Waals surface area contributed by atoms with Gasteiger partial charge in [0.05, 0.1) is 11.8 Å². The molecule has 2 aromatic rings. The standard InChI is InChI=1S/C7H6BrN3/c1-11-4-10-6-5(11)2-3-9-7(6)8/h2-4H,1H3. The van der Waals surface area contributed by atoms with Crippen LogP contribution in [-0.4, -0.2) is 14.5 Å². The molecule has 0 fully saturated rings. The molecule has 3 nitrogen and oxygen atoms in total. The van der Waals surface area contributed by atoms with Crippen molar-refractivity contribution >= 4 is 27.0 Å². The third-order valence-electron chi connectivity index (χ3n) is 1.60. The number of fused-ring (bicyclic) bond motifs is 1. The fourth-order valence-electron chi connectivity index (χ4n) is 1.03. The quantitative estimate of drug-likeness (QED) is 0.622. The largest absolute Gasteiger partial charge is 0.334 e. The first kappa shape index (κ1) is 6.79. The highest BCUT2D eigenvalue weighted by Gasteiger charge is 2.02. The minimum absolute atomic E-state index is 0.801. The Balaban J connectivity index is 2.94. The van der Waals surface area contributed by atoms with Crippen LogP contribution in [0.4, 0.5) is 0 Å². The number of halogens is 1. The number of aryl methyl sites for hydroxylation is 1. The smallest absolute Gasteiger partial charge is 0.133 e. The van der Waals surface area contributed by atoms with E-state index in [1.54, 1.807) is 12.5 Å². The van der Waals surface area contributed by atoms with E-state index in [0.717, 1.165) is 15.6 Å². The van der Waals surface area contributed by atoms with Crippen LogP contribution in [0.5, 0.6) is 0 Å². The SMILES string of the molecule is Cn1cnc2c(Br)nccc21. The van der Waals surface area contributed by atoms with Gasteiger partial charge in [0.25, 0.3) is 0 Å². The molecule has 0 N–H and O–H groups in total. The van der Waals surface area contributed by atoms with Gasteiger partial charge in [0, 0.05) is 13.2 Å². The van der Waals surface area contributed by atoms with Gasteiger partial charge in [-0.2, -0.15) is 0 Å². The average Bonchev–Trinajstić information content (AvgIpc) is 2.35. The second kappa shape index (κ2) is 2.30. The Kier molecular flexibility index (Phi) is 1.42. The van der Waals surface area contributed by atoms with Crippen molar-refractivity contribution in [3.63, 3.8) is 0 Å². The van der Waals surface area contributed by atoms with Gasteiger partial charge in [-0.25, -0.2) is 9.97 Å². The molecule has 0 amide bonds. The minimum atomic E-state index is 0.801. The lowest BCUT2D eigenvalue weighted by atomic mass is 10.4. The predicted octanol–water partition coefficient (Wildman–Crippen LogP) is 1.73. The fraction of sp³-hybridized carbons (Fsp3) is 0.143. The van der Waals surface area contributed by atoms with Gasteiger partial charge in [0.15, 0.2) is 0 Å². The molecule has 0 radical (unpaired) electrons. The van der Waals surface area contributed by atoms with E-state index >= 15 is 0 Å². The Hall–Kier alpha value is -0.900. The molecule has 0 aromatic carbocycles. The van der Waals surface area contributed by atoms with E-state index in [4.69, 9.17) is 0 Å². The highest BCUT2D eigenvalue weighted by molar-refractivity contribution is 9.10. The van der Waals surface area contributed by atoms with Gasteiger partial charge in [0.1, 0.15) is 10.1 Å². The van der Waals surface area contributed by atoms with Crippen molar-refractivity contribution in [1.82, 2.24) is 14.5 Å². The molecule has 4 heteroatoms. The van der Waals surface area contributed by atoms with Crippen molar-refractivity contribution in [2.75, 3.05) is 0 Å². The summed E-state index contributed by atoms with van der Waals surface area (Å²) in [5.41, 5.74) is 2.00. The van der Waals surface area contributed by atoms with Gasteiger partial charge < -0.3 is 4.57 Å². The Morgan fingerprint density at radius 2 is 2.27 bits per heavy atom. The first-order valence-electron chi connectivity index (χ1n) is 3.20. The Morgan fingerprint density at radius 1 is 1.45 bits per heavy atom. The third kappa shape index (κ3) is 0.939. The van der Waals surface area contributed by atoms with E-state index in [2.05, 4.69) is 25.9 Å². The van der Waals surface area contributed by atoms with Crippen LogP contribution < -0.4 is 0 Å². The Bertz CT molecular complexity index is 393. The summed E-state index contributed by atoms with van der Waals surface area (Å²) in [6.45, 7) is 0. The highest BCUT2D eigenvalue weighted by Crippen LogP contribution is 2.18. The van der Waals surface area contributed by atoms with Gasteiger partial charge in [-0.15, -0.1) is 0 Å². The number of pyridine rings is 1. The molecule has 56 valence electrons. The molecule has 0 spiro atoms. The molecule has 2 rings (SSSR count). The summed E-state index contributed by atoms with van der Waals surface area (Å²) in [5.74, 6) is 0. The van der Waals surface area contributed by atoms with E-state index in [0.29, 0.717) is 0 Å². The van der Waals surface area contributed by atoms with Crippen LogP contribution in [0.15, 0.2) is 23.2 Å². The predicted molar refractivity (Wildman–Crippen MR) is 46.2 cm³/mol. The molecule has 0 aliphatic heterocycles. The van der Waals surface area contributed by atoms with Gasteiger partial charge in [-0.3, -0.25) is 0 Å². The maximum absolute atomic E-state index is 4.17. The zero-order valence-corrected chi connectivity index (χ0v) is 7.54. The van der Waals surface area contributed by atoms with Gasteiger partial charge in [-0.1, -0.05) is 0 Å². The monoisotopic (exact) mass is 211 g/mol. The molecule has 0 aliphatic carbocycles. The van der Waals surface area contributed by atoms with Crippen LogP contribution in [0.2, 0.25) is 0 Å². The van der Waals surface area contributed by atoms with E-state index < -0.39 is 0 Å². The minimum Gasteiger partial charge on any atom is -0.334 e. The van der Waals surface area contributed by atoms with Gasteiger partial charge >= 0.3 is 0 Å². The lowest BCUT2D eigenvalue weighted by Crippen LogP contribution is -1.83. The fourth-order valence-corrected chi connectivity index (χ4v) is 1.45. The van der Waals surface area contributed by atoms with Crippen molar-refractivity contribution in [3.8, 4) is 0 Å². The number of rotatable bonds is 0. The lowest BCUT2D eigenvalue weighted by Gasteiger charge is -1.92. The summed E-state index contributed by atoms with van der Waals surface area (Å²) in [7, 11) is 1.96. The van der Waals surface area contributed by atoms with Gasteiger partial charge in [-0.05, 0) is 22.0 Å². The van der Waals surface area contributed by atoms with E-state index in [-0.39, 0.29) is 0 Å².